The van der Waals surface area contributed by atoms with E-state index in [1.165, 1.54) is 4.90 Å². The minimum absolute atomic E-state index is 0.0151. The van der Waals surface area contributed by atoms with Gasteiger partial charge in [0.2, 0.25) is 11.8 Å². The Kier molecular flexibility index (Phi) is 1.55. The summed E-state index contributed by atoms with van der Waals surface area (Å²) in [5.41, 5.74) is 0.873. The molecule has 0 bridgehead atoms. The van der Waals surface area contributed by atoms with E-state index in [1.54, 1.807) is 12.4 Å². The second-order valence-corrected chi connectivity index (χ2v) is 4.20. The fourth-order valence-corrected chi connectivity index (χ4v) is 2.23. The highest BCUT2D eigenvalue weighted by molar-refractivity contribution is 6.09. The normalized spacial score (nSPS) is 30.6. The summed E-state index contributed by atoms with van der Waals surface area (Å²) in [5.74, 6) is -0.0731. The predicted octanol–water partition coefficient (Wildman–Crippen LogP) is 0.476. The molecule has 2 heterocycles. The lowest BCUT2D eigenvalue weighted by molar-refractivity contribution is -0.143. The number of rotatable bonds is 2. The molecule has 2 fully saturated rings. The average Bonchev–Trinajstić information content (AvgIpc) is 2.75. The molecular formula is C10H11N3O2. The van der Waals surface area contributed by atoms with Crippen LogP contribution < -0.4 is 0 Å². The number of amides is 2. The lowest BCUT2D eigenvalue weighted by Gasteiger charge is -2.23. The minimum Gasteiger partial charge on any atom is -0.285 e. The van der Waals surface area contributed by atoms with Crippen molar-refractivity contribution >= 4 is 11.8 Å². The summed E-state index contributed by atoms with van der Waals surface area (Å²) in [6, 6.07) is -0.198. The molecule has 3 rings (SSSR count). The van der Waals surface area contributed by atoms with E-state index < -0.39 is 0 Å². The van der Waals surface area contributed by atoms with E-state index in [0.717, 1.165) is 12.0 Å². The summed E-state index contributed by atoms with van der Waals surface area (Å²) in [6.07, 6.45) is 4.12. The van der Waals surface area contributed by atoms with Crippen LogP contribution in [0.2, 0.25) is 0 Å². The van der Waals surface area contributed by atoms with Gasteiger partial charge in [0.05, 0.1) is 24.1 Å². The maximum atomic E-state index is 11.8. The Bertz CT molecular complexity index is 406. The number of piperidine rings is 1. The van der Waals surface area contributed by atoms with Gasteiger partial charge in [-0.1, -0.05) is 0 Å². The second kappa shape index (κ2) is 2.68. The van der Waals surface area contributed by atoms with Crippen molar-refractivity contribution in [2.24, 2.45) is 11.8 Å². The number of hydrogen-bond donors (Lipinski definition) is 1. The molecule has 0 aromatic carbocycles. The molecule has 1 aromatic rings. The highest BCUT2D eigenvalue weighted by Gasteiger charge is 2.59. The number of H-pyrrole nitrogens is 1. The number of carbonyl (C=O) groups excluding carboxylic acids is 2. The van der Waals surface area contributed by atoms with E-state index in [9.17, 15) is 9.59 Å². The fraction of sp³-hybridized carbons (Fsp3) is 0.500. The van der Waals surface area contributed by atoms with Gasteiger partial charge in [-0.2, -0.15) is 5.10 Å². The van der Waals surface area contributed by atoms with E-state index in [1.807, 2.05) is 6.92 Å². The Balaban J connectivity index is 1.89. The van der Waals surface area contributed by atoms with Crippen LogP contribution in [0.3, 0.4) is 0 Å². The molecule has 78 valence electrons. The number of hydrogen-bond acceptors (Lipinski definition) is 3. The standard InChI is InChI=1S/C10H11N3O2/c1-5(6-3-11-12-4-6)13-9(14)7-2-8(7)10(13)15/h3-5,7-8H,2H2,1H3,(H,11,12). The molecule has 15 heavy (non-hydrogen) atoms. The topological polar surface area (TPSA) is 66.1 Å². The van der Waals surface area contributed by atoms with Crippen molar-refractivity contribution in [1.82, 2.24) is 15.1 Å². The van der Waals surface area contributed by atoms with Gasteiger partial charge in [-0.3, -0.25) is 19.6 Å². The van der Waals surface area contributed by atoms with Crippen molar-refractivity contribution in [3.8, 4) is 0 Å². The summed E-state index contributed by atoms with van der Waals surface area (Å²) < 4.78 is 0. The molecule has 1 saturated carbocycles. The zero-order valence-corrected chi connectivity index (χ0v) is 8.30. The molecule has 2 aliphatic rings. The molecule has 5 heteroatoms. The van der Waals surface area contributed by atoms with Gasteiger partial charge < -0.3 is 0 Å². The minimum atomic E-state index is -0.198. The van der Waals surface area contributed by atoms with Gasteiger partial charge in [0.15, 0.2) is 0 Å². The van der Waals surface area contributed by atoms with E-state index in [4.69, 9.17) is 0 Å². The molecule has 5 nitrogen and oxygen atoms in total. The highest BCUT2D eigenvalue weighted by atomic mass is 16.2. The van der Waals surface area contributed by atoms with E-state index >= 15 is 0 Å². The summed E-state index contributed by atoms with van der Waals surface area (Å²) in [4.78, 5) is 24.9. The van der Waals surface area contributed by atoms with Gasteiger partial charge in [0, 0.05) is 11.8 Å². The van der Waals surface area contributed by atoms with E-state index in [2.05, 4.69) is 10.2 Å². The first kappa shape index (κ1) is 8.64. The average molecular weight is 205 g/mol. The first-order chi connectivity index (χ1) is 7.20. The number of carbonyl (C=O) groups is 2. The predicted molar refractivity (Wildman–Crippen MR) is 50.5 cm³/mol. The van der Waals surface area contributed by atoms with Crippen molar-refractivity contribution in [1.29, 1.82) is 0 Å². The van der Waals surface area contributed by atoms with E-state index in [-0.39, 0.29) is 29.7 Å². The Hall–Kier alpha value is -1.65. The number of imide groups is 1. The molecule has 2 amide bonds. The smallest absolute Gasteiger partial charge is 0.233 e. The largest absolute Gasteiger partial charge is 0.285 e. The molecular weight excluding hydrogens is 194 g/mol. The number of aromatic nitrogens is 2. The van der Waals surface area contributed by atoms with Crippen LogP contribution in [0, 0.1) is 11.8 Å². The zero-order valence-electron chi connectivity index (χ0n) is 8.30. The van der Waals surface area contributed by atoms with Crippen LogP contribution >= 0.6 is 0 Å². The van der Waals surface area contributed by atoms with Gasteiger partial charge in [-0.25, -0.2) is 0 Å². The first-order valence-electron chi connectivity index (χ1n) is 5.05. The van der Waals surface area contributed by atoms with Gasteiger partial charge in [-0.05, 0) is 13.3 Å². The maximum absolute atomic E-state index is 11.8. The fourth-order valence-electron chi connectivity index (χ4n) is 2.23. The van der Waals surface area contributed by atoms with Gasteiger partial charge in [0.25, 0.3) is 0 Å². The monoisotopic (exact) mass is 205 g/mol. The lowest BCUT2D eigenvalue weighted by atomic mass is 10.1. The van der Waals surface area contributed by atoms with Crippen molar-refractivity contribution < 1.29 is 9.59 Å². The molecule has 3 unspecified atom stereocenters. The third-order valence-corrected chi connectivity index (χ3v) is 3.29. The molecule has 1 aromatic heterocycles. The highest BCUT2D eigenvalue weighted by Crippen LogP contribution is 2.49. The number of nitrogens with one attached hydrogen (secondary N) is 1. The van der Waals surface area contributed by atoms with Crippen LogP contribution in [0.25, 0.3) is 0 Å². The number of likely N-dealkylation sites (tertiary alicyclic amines) is 1. The molecule has 1 saturated heterocycles. The molecule has 0 spiro atoms. The molecule has 1 aliphatic carbocycles. The van der Waals surface area contributed by atoms with Crippen LogP contribution in [0.5, 0.6) is 0 Å². The van der Waals surface area contributed by atoms with Crippen LogP contribution in [-0.2, 0) is 9.59 Å². The van der Waals surface area contributed by atoms with Gasteiger partial charge in [0.1, 0.15) is 0 Å². The zero-order chi connectivity index (χ0) is 10.6. The summed E-state index contributed by atoms with van der Waals surface area (Å²) >= 11 is 0. The van der Waals surface area contributed by atoms with Gasteiger partial charge >= 0.3 is 0 Å². The van der Waals surface area contributed by atoms with Crippen molar-refractivity contribution in [3.05, 3.63) is 18.0 Å². The maximum Gasteiger partial charge on any atom is 0.233 e. The summed E-state index contributed by atoms with van der Waals surface area (Å²) in [5, 5.41) is 6.51. The second-order valence-electron chi connectivity index (χ2n) is 4.20. The summed E-state index contributed by atoms with van der Waals surface area (Å²) in [6.45, 7) is 1.85. The van der Waals surface area contributed by atoms with Crippen molar-refractivity contribution in [2.75, 3.05) is 0 Å². The number of aromatic amines is 1. The van der Waals surface area contributed by atoms with E-state index in [0.29, 0.717) is 0 Å². The Morgan fingerprint density at radius 1 is 1.47 bits per heavy atom. The number of nitrogens with zero attached hydrogens (tertiary/aromatic N) is 2. The third-order valence-electron chi connectivity index (χ3n) is 3.29. The van der Waals surface area contributed by atoms with Gasteiger partial charge in [-0.15, -0.1) is 0 Å². The van der Waals surface area contributed by atoms with Crippen LogP contribution in [0.4, 0.5) is 0 Å². The Labute approximate surface area is 86.5 Å². The first-order valence-corrected chi connectivity index (χ1v) is 5.05. The van der Waals surface area contributed by atoms with Crippen LogP contribution in [0.15, 0.2) is 12.4 Å². The molecule has 3 atom stereocenters. The third kappa shape index (κ3) is 1.06. The summed E-state index contributed by atoms with van der Waals surface area (Å²) in [7, 11) is 0. The lowest BCUT2D eigenvalue weighted by Crippen LogP contribution is -2.35. The molecule has 1 N–H and O–H groups in total. The SMILES string of the molecule is CC(c1cn[nH]c1)N1C(=O)C2CC2C1=O. The Morgan fingerprint density at radius 3 is 2.67 bits per heavy atom. The Morgan fingerprint density at radius 2 is 2.13 bits per heavy atom. The van der Waals surface area contributed by atoms with Crippen LogP contribution in [-0.4, -0.2) is 26.9 Å². The molecule has 0 radical (unpaired) electrons. The quantitative estimate of drug-likeness (QED) is 0.714. The van der Waals surface area contributed by atoms with Crippen molar-refractivity contribution in [2.45, 2.75) is 19.4 Å². The number of fused-ring (bicyclic) bond motifs is 1. The van der Waals surface area contributed by atoms with Crippen LogP contribution in [0.1, 0.15) is 24.9 Å². The molecule has 1 aliphatic heterocycles. The van der Waals surface area contributed by atoms with Crippen molar-refractivity contribution in [3.63, 3.8) is 0 Å².